The standard InChI is InChI=1S/C16H23F2N3O2.2ClH/c1-10(11(2)19)15(22)20-12-7-8-21(9-12)13-5-3-4-6-14(13)23-16(17)18;;/h3-6,10-12,16H,7-9,19H2,1-2H3,(H,20,22);2*1H. The third-order valence-corrected chi connectivity index (χ3v) is 4.16. The number of carbonyl (C=O) groups excluding carboxylic acids is 1. The molecule has 1 fully saturated rings. The number of ether oxygens (including phenoxy) is 1. The van der Waals surface area contributed by atoms with Gasteiger partial charge in [-0.05, 0) is 25.5 Å². The van der Waals surface area contributed by atoms with Crippen LogP contribution < -0.4 is 20.7 Å². The minimum atomic E-state index is -2.86. The molecule has 0 saturated carbocycles. The molecule has 3 N–H and O–H groups in total. The van der Waals surface area contributed by atoms with Gasteiger partial charge in [-0.1, -0.05) is 19.1 Å². The number of nitrogens with two attached hydrogens (primary N) is 1. The Morgan fingerprint density at radius 1 is 1.32 bits per heavy atom. The molecule has 0 bridgehead atoms. The van der Waals surface area contributed by atoms with Crippen LogP contribution in [0, 0.1) is 5.92 Å². The van der Waals surface area contributed by atoms with Crippen LogP contribution in [0.25, 0.3) is 0 Å². The third-order valence-electron chi connectivity index (χ3n) is 4.16. The predicted molar refractivity (Wildman–Crippen MR) is 99.1 cm³/mol. The average Bonchev–Trinajstić information content (AvgIpc) is 2.94. The van der Waals surface area contributed by atoms with Crippen LogP contribution in [-0.2, 0) is 4.79 Å². The van der Waals surface area contributed by atoms with Gasteiger partial charge in [0.05, 0.1) is 5.69 Å². The van der Waals surface area contributed by atoms with Crippen LogP contribution in [0.5, 0.6) is 5.75 Å². The van der Waals surface area contributed by atoms with E-state index in [9.17, 15) is 13.6 Å². The fourth-order valence-electron chi connectivity index (χ4n) is 2.58. The number of para-hydroxylation sites is 2. The zero-order valence-electron chi connectivity index (χ0n) is 14.2. The van der Waals surface area contributed by atoms with Crippen LogP contribution in [-0.4, -0.2) is 37.7 Å². The molecule has 0 aromatic heterocycles. The number of hydrogen-bond donors (Lipinski definition) is 2. The summed E-state index contributed by atoms with van der Waals surface area (Å²) >= 11 is 0. The molecule has 1 heterocycles. The van der Waals surface area contributed by atoms with E-state index in [-0.39, 0.29) is 54.5 Å². The van der Waals surface area contributed by atoms with E-state index in [1.54, 1.807) is 32.0 Å². The lowest BCUT2D eigenvalue weighted by atomic mass is 10.0. The van der Waals surface area contributed by atoms with Gasteiger partial charge in [0.25, 0.3) is 0 Å². The molecule has 2 rings (SSSR count). The highest BCUT2D eigenvalue weighted by Gasteiger charge is 2.28. The number of anilines is 1. The Morgan fingerprint density at radius 3 is 2.56 bits per heavy atom. The van der Waals surface area contributed by atoms with Gasteiger partial charge in [-0.25, -0.2) is 0 Å². The summed E-state index contributed by atoms with van der Waals surface area (Å²) in [6.45, 7) is 1.95. The molecule has 25 heavy (non-hydrogen) atoms. The smallest absolute Gasteiger partial charge is 0.387 e. The number of nitrogens with one attached hydrogen (secondary N) is 1. The van der Waals surface area contributed by atoms with Crippen molar-refractivity contribution in [1.29, 1.82) is 0 Å². The van der Waals surface area contributed by atoms with Crippen molar-refractivity contribution in [2.75, 3.05) is 18.0 Å². The van der Waals surface area contributed by atoms with E-state index in [1.807, 2.05) is 4.90 Å². The number of alkyl halides is 2. The van der Waals surface area contributed by atoms with Crippen LogP contribution in [0.4, 0.5) is 14.5 Å². The lowest BCUT2D eigenvalue weighted by Crippen LogP contribution is -2.44. The Bertz CT molecular complexity index is 550. The van der Waals surface area contributed by atoms with Gasteiger partial charge < -0.3 is 20.7 Å². The van der Waals surface area contributed by atoms with Gasteiger partial charge >= 0.3 is 6.61 Å². The third kappa shape index (κ3) is 6.49. The monoisotopic (exact) mass is 399 g/mol. The van der Waals surface area contributed by atoms with Gasteiger partial charge in [-0.3, -0.25) is 4.79 Å². The summed E-state index contributed by atoms with van der Waals surface area (Å²) in [5.41, 5.74) is 6.35. The zero-order chi connectivity index (χ0) is 17.0. The van der Waals surface area contributed by atoms with Gasteiger partial charge in [-0.2, -0.15) is 8.78 Å². The summed E-state index contributed by atoms with van der Waals surface area (Å²) in [6.07, 6.45) is 0.750. The summed E-state index contributed by atoms with van der Waals surface area (Å²) < 4.78 is 29.5. The molecule has 0 radical (unpaired) electrons. The van der Waals surface area contributed by atoms with E-state index in [0.29, 0.717) is 18.8 Å². The van der Waals surface area contributed by atoms with E-state index >= 15 is 0 Å². The van der Waals surface area contributed by atoms with Crippen molar-refractivity contribution in [3.63, 3.8) is 0 Å². The van der Waals surface area contributed by atoms with Crippen molar-refractivity contribution in [2.24, 2.45) is 11.7 Å². The highest BCUT2D eigenvalue weighted by molar-refractivity contribution is 5.85. The Kier molecular flexibility index (Phi) is 10.1. The Morgan fingerprint density at radius 2 is 1.96 bits per heavy atom. The molecule has 3 atom stereocenters. The minimum absolute atomic E-state index is 0. The fraction of sp³-hybridized carbons (Fsp3) is 0.562. The number of halogens is 4. The summed E-state index contributed by atoms with van der Waals surface area (Å²) in [6, 6.07) is 6.45. The normalized spacial score (nSPS) is 18.8. The van der Waals surface area contributed by atoms with Crippen molar-refractivity contribution in [1.82, 2.24) is 5.32 Å². The molecule has 5 nitrogen and oxygen atoms in total. The SMILES string of the molecule is CC(N)C(C)C(=O)NC1CCN(c2ccccc2OC(F)F)C1.Cl.Cl. The lowest BCUT2D eigenvalue weighted by Gasteiger charge is -2.23. The second-order valence-electron chi connectivity index (χ2n) is 5.93. The number of nitrogens with zero attached hydrogens (tertiary/aromatic N) is 1. The van der Waals surface area contributed by atoms with E-state index in [0.717, 1.165) is 6.42 Å². The number of carbonyl (C=O) groups is 1. The summed E-state index contributed by atoms with van der Waals surface area (Å²) in [4.78, 5) is 14.0. The molecule has 0 spiro atoms. The number of rotatable bonds is 6. The number of amides is 1. The topological polar surface area (TPSA) is 67.6 Å². The van der Waals surface area contributed by atoms with Crippen molar-refractivity contribution < 1.29 is 18.3 Å². The first-order valence-electron chi connectivity index (χ1n) is 7.73. The van der Waals surface area contributed by atoms with E-state index in [4.69, 9.17) is 5.73 Å². The summed E-state index contributed by atoms with van der Waals surface area (Å²) in [7, 11) is 0. The first-order valence-corrected chi connectivity index (χ1v) is 7.73. The van der Waals surface area contributed by atoms with Gasteiger partial charge in [0.2, 0.25) is 5.91 Å². The van der Waals surface area contributed by atoms with Crippen molar-refractivity contribution >= 4 is 36.4 Å². The quantitative estimate of drug-likeness (QED) is 0.771. The average molecular weight is 400 g/mol. The highest BCUT2D eigenvalue weighted by Crippen LogP contribution is 2.31. The van der Waals surface area contributed by atoms with Gasteiger partial charge in [-0.15, -0.1) is 24.8 Å². The largest absolute Gasteiger partial charge is 0.433 e. The van der Waals surface area contributed by atoms with E-state index in [2.05, 4.69) is 10.1 Å². The van der Waals surface area contributed by atoms with Crippen molar-refractivity contribution in [3.8, 4) is 5.75 Å². The highest BCUT2D eigenvalue weighted by atomic mass is 35.5. The molecule has 9 heteroatoms. The maximum absolute atomic E-state index is 12.5. The predicted octanol–water partition coefficient (Wildman–Crippen LogP) is 2.81. The van der Waals surface area contributed by atoms with Gasteiger partial charge in [0, 0.05) is 31.1 Å². The van der Waals surface area contributed by atoms with Crippen molar-refractivity contribution in [3.05, 3.63) is 24.3 Å². The van der Waals surface area contributed by atoms with Gasteiger partial charge in [0.15, 0.2) is 0 Å². The summed E-state index contributed by atoms with van der Waals surface area (Å²) in [5.74, 6) is -0.194. The number of hydrogen-bond acceptors (Lipinski definition) is 4. The maximum Gasteiger partial charge on any atom is 0.387 e. The van der Waals surface area contributed by atoms with E-state index in [1.165, 1.54) is 6.07 Å². The van der Waals surface area contributed by atoms with Gasteiger partial charge in [0.1, 0.15) is 5.75 Å². The Labute approximate surface area is 159 Å². The summed E-state index contributed by atoms with van der Waals surface area (Å²) in [5, 5.41) is 2.97. The zero-order valence-corrected chi connectivity index (χ0v) is 15.8. The molecule has 1 aromatic carbocycles. The molecule has 1 amide bonds. The molecule has 1 aliphatic heterocycles. The molecule has 1 saturated heterocycles. The Balaban J connectivity index is 0.00000288. The first-order chi connectivity index (χ1) is 10.9. The molecule has 144 valence electrons. The second kappa shape index (κ2) is 10.6. The molecule has 1 aromatic rings. The van der Waals surface area contributed by atoms with Crippen LogP contribution in [0.2, 0.25) is 0 Å². The van der Waals surface area contributed by atoms with Crippen LogP contribution in [0.3, 0.4) is 0 Å². The molecular formula is C16H25Cl2F2N3O2. The first kappa shape index (κ1) is 23.7. The second-order valence-corrected chi connectivity index (χ2v) is 5.93. The van der Waals surface area contributed by atoms with Crippen LogP contribution in [0.1, 0.15) is 20.3 Å². The molecular weight excluding hydrogens is 375 g/mol. The Hall–Kier alpha value is -1.31. The fourth-order valence-corrected chi connectivity index (χ4v) is 2.58. The molecule has 0 aliphatic carbocycles. The van der Waals surface area contributed by atoms with E-state index < -0.39 is 6.61 Å². The minimum Gasteiger partial charge on any atom is -0.433 e. The van der Waals surface area contributed by atoms with Crippen molar-refractivity contribution in [2.45, 2.75) is 39.0 Å². The van der Waals surface area contributed by atoms with Crippen LogP contribution >= 0.6 is 24.8 Å². The molecule has 1 aliphatic rings. The molecule has 3 unspecified atom stereocenters. The maximum atomic E-state index is 12.5. The number of benzene rings is 1. The van der Waals surface area contributed by atoms with Crippen LogP contribution in [0.15, 0.2) is 24.3 Å². The lowest BCUT2D eigenvalue weighted by molar-refractivity contribution is -0.125.